The van der Waals surface area contributed by atoms with Crippen LogP contribution in [-0.4, -0.2) is 63.7 Å². The van der Waals surface area contributed by atoms with Crippen molar-refractivity contribution in [1.29, 1.82) is 0 Å². The van der Waals surface area contributed by atoms with Crippen LogP contribution in [0.1, 0.15) is 31.2 Å². The predicted molar refractivity (Wildman–Crippen MR) is 104 cm³/mol. The molecule has 1 aromatic carbocycles. The van der Waals surface area contributed by atoms with Gasteiger partial charge in [-0.05, 0) is 30.5 Å². The van der Waals surface area contributed by atoms with Gasteiger partial charge in [-0.1, -0.05) is 6.42 Å². The summed E-state index contributed by atoms with van der Waals surface area (Å²) in [4.78, 5) is 37.3. The molecule has 0 unspecified atom stereocenters. The summed E-state index contributed by atoms with van der Waals surface area (Å²) in [6.45, 7) is 0.198. The first kappa shape index (κ1) is 22.3. The molecular formula is C20H28N2O7. The first-order valence-electron chi connectivity index (χ1n) is 9.47. The first-order chi connectivity index (χ1) is 14.0. The van der Waals surface area contributed by atoms with Crippen LogP contribution in [0.25, 0.3) is 0 Å². The Morgan fingerprint density at radius 2 is 1.72 bits per heavy atom. The monoisotopic (exact) mass is 408 g/mol. The normalized spacial score (nSPS) is 14.0. The van der Waals surface area contributed by atoms with Gasteiger partial charge in [-0.25, -0.2) is 0 Å². The number of nitrogens with one attached hydrogen (secondary N) is 1. The molecule has 1 N–H and O–H groups in total. The average molecular weight is 408 g/mol. The molecule has 160 valence electrons. The van der Waals surface area contributed by atoms with Crippen molar-refractivity contribution in [2.45, 2.75) is 32.2 Å². The maximum Gasteiger partial charge on any atom is 0.326 e. The number of hydrogen-bond donors (Lipinski definition) is 1. The minimum Gasteiger partial charge on any atom is -0.493 e. The molecule has 1 aromatic rings. The van der Waals surface area contributed by atoms with Crippen molar-refractivity contribution in [3.05, 3.63) is 17.7 Å². The zero-order valence-electron chi connectivity index (χ0n) is 17.1. The average Bonchev–Trinajstić information content (AvgIpc) is 2.93. The third-order valence-electron chi connectivity index (χ3n) is 4.57. The number of rotatable bonds is 9. The van der Waals surface area contributed by atoms with Crippen molar-refractivity contribution in [1.82, 2.24) is 10.2 Å². The van der Waals surface area contributed by atoms with Crippen LogP contribution in [0.3, 0.4) is 0 Å². The molecule has 2 amide bonds. The van der Waals surface area contributed by atoms with Crippen molar-refractivity contribution in [2.24, 2.45) is 0 Å². The van der Waals surface area contributed by atoms with E-state index < -0.39 is 18.5 Å². The van der Waals surface area contributed by atoms with Gasteiger partial charge in [0.2, 0.25) is 11.7 Å². The molecule has 1 fully saturated rings. The van der Waals surface area contributed by atoms with Crippen LogP contribution in [0.2, 0.25) is 0 Å². The molecule has 0 atom stereocenters. The lowest BCUT2D eigenvalue weighted by molar-refractivity contribution is -0.152. The van der Waals surface area contributed by atoms with Gasteiger partial charge in [0.05, 0.1) is 21.3 Å². The van der Waals surface area contributed by atoms with Gasteiger partial charge in [-0.3, -0.25) is 14.4 Å². The molecule has 0 radical (unpaired) electrons. The number of likely N-dealkylation sites (tertiary alicyclic amines) is 1. The second-order valence-corrected chi connectivity index (χ2v) is 6.60. The number of benzene rings is 1. The summed E-state index contributed by atoms with van der Waals surface area (Å²) >= 11 is 0. The van der Waals surface area contributed by atoms with Gasteiger partial charge in [-0.2, -0.15) is 0 Å². The molecule has 0 aromatic heterocycles. The maximum absolute atomic E-state index is 12.0. The van der Waals surface area contributed by atoms with E-state index in [2.05, 4.69) is 5.32 Å². The van der Waals surface area contributed by atoms with E-state index in [1.165, 1.54) is 26.2 Å². The Bertz CT molecular complexity index is 711. The van der Waals surface area contributed by atoms with Crippen molar-refractivity contribution >= 4 is 17.8 Å². The number of esters is 1. The van der Waals surface area contributed by atoms with E-state index in [0.29, 0.717) is 30.2 Å². The van der Waals surface area contributed by atoms with E-state index in [-0.39, 0.29) is 19.0 Å². The molecular weight excluding hydrogens is 380 g/mol. The zero-order valence-corrected chi connectivity index (χ0v) is 17.1. The lowest BCUT2D eigenvalue weighted by Crippen LogP contribution is -2.37. The minimum absolute atomic E-state index is 0.0497. The highest BCUT2D eigenvalue weighted by molar-refractivity contribution is 5.84. The van der Waals surface area contributed by atoms with Crippen LogP contribution in [0.15, 0.2) is 12.1 Å². The Labute approximate surface area is 170 Å². The minimum atomic E-state index is -0.594. The third-order valence-corrected chi connectivity index (χ3v) is 4.57. The zero-order chi connectivity index (χ0) is 21.2. The Kier molecular flexibility index (Phi) is 8.57. The van der Waals surface area contributed by atoms with E-state index in [1.54, 1.807) is 12.1 Å². The highest BCUT2D eigenvalue weighted by Crippen LogP contribution is 2.38. The van der Waals surface area contributed by atoms with Crippen molar-refractivity contribution in [3.8, 4) is 17.2 Å². The lowest BCUT2D eigenvalue weighted by Gasteiger charge is -2.19. The Morgan fingerprint density at radius 3 is 2.34 bits per heavy atom. The van der Waals surface area contributed by atoms with E-state index in [9.17, 15) is 14.4 Å². The van der Waals surface area contributed by atoms with Crippen LogP contribution in [-0.2, 0) is 25.7 Å². The Hall–Kier alpha value is -2.97. The smallest absolute Gasteiger partial charge is 0.326 e. The quantitative estimate of drug-likeness (QED) is 0.614. The summed E-state index contributed by atoms with van der Waals surface area (Å²) < 4.78 is 20.8. The highest BCUT2D eigenvalue weighted by atomic mass is 16.5. The van der Waals surface area contributed by atoms with Gasteiger partial charge >= 0.3 is 5.97 Å². The fourth-order valence-corrected chi connectivity index (χ4v) is 3.04. The molecule has 29 heavy (non-hydrogen) atoms. The molecule has 0 bridgehead atoms. The second-order valence-electron chi connectivity index (χ2n) is 6.60. The lowest BCUT2D eigenvalue weighted by atomic mass is 10.1. The van der Waals surface area contributed by atoms with Gasteiger partial charge in [0.25, 0.3) is 5.91 Å². The molecule has 1 saturated heterocycles. The van der Waals surface area contributed by atoms with E-state index >= 15 is 0 Å². The van der Waals surface area contributed by atoms with E-state index in [0.717, 1.165) is 24.8 Å². The van der Waals surface area contributed by atoms with Gasteiger partial charge in [0.1, 0.15) is 6.54 Å². The van der Waals surface area contributed by atoms with Gasteiger partial charge in [0, 0.05) is 19.5 Å². The number of ether oxygens (including phenoxy) is 4. The summed E-state index contributed by atoms with van der Waals surface area (Å²) in [6, 6.07) is 3.44. The van der Waals surface area contributed by atoms with Crippen LogP contribution < -0.4 is 19.5 Å². The van der Waals surface area contributed by atoms with Gasteiger partial charge < -0.3 is 29.2 Å². The van der Waals surface area contributed by atoms with Crippen LogP contribution in [0.5, 0.6) is 17.2 Å². The Balaban J connectivity index is 1.82. The van der Waals surface area contributed by atoms with Crippen LogP contribution in [0, 0.1) is 0 Å². The number of amides is 2. The standard InChI is InChI=1S/C20H28N2O7/c1-26-15-9-14(10-16(27-2)20(15)28-3)11-21-17(23)13-29-19(25)12-22-8-6-4-5-7-18(22)24/h9-10H,4-8,11-13H2,1-3H3,(H,21,23). The van der Waals surface area contributed by atoms with Crippen molar-refractivity contribution < 1.29 is 33.3 Å². The molecule has 0 saturated carbocycles. The second kappa shape index (κ2) is 11.1. The van der Waals surface area contributed by atoms with Crippen LogP contribution in [0.4, 0.5) is 0 Å². The van der Waals surface area contributed by atoms with Crippen molar-refractivity contribution in [2.75, 3.05) is 41.0 Å². The third kappa shape index (κ3) is 6.55. The Morgan fingerprint density at radius 1 is 1.03 bits per heavy atom. The largest absolute Gasteiger partial charge is 0.493 e. The summed E-state index contributed by atoms with van der Waals surface area (Å²) in [5, 5.41) is 2.67. The molecule has 9 heteroatoms. The fraction of sp³-hybridized carbons (Fsp3) is 0.550. The van der Waals surface area contributed by atoms with E-state index in [4.69, 9.17) is 18.9 Å². The van der Waals surface area contributed by atoms with E-state index in [1.807, 2.05) is 0 Å². The summed E-state index contributed by atoms with van der Waals surface area (Å²) in [6.07, 6.45) is 3.13. The molecule has 2 rings (SSSR count). The summed E-state index contributed by atoms with van der Waals surface area (Å²) in [7, 11) is 4.53. The fourth-order valence-electron chi connectivity index (χ4n) is 3.04. The van der Waals surface area contributed by atoms with Crippen LogP contribution >= 0.6 is 0 Å². The molecule has 1 aliphatic rings. The molecule has 1 heterocycles. The number of carbonyl (C=O) groups excluding carboxylic acids is 3. The number of carbonyl (C=O) groups is 3. The highest BCUT2D eigenvalue weighted by Gasteiger charge is 2.20. The number of nitrogens with zero attached hydrogens (tertiary/aromatic N) is 1. The van der Waals surface area contributed by atoms with Gasteiger partial charge in [0.15, 0.2) is 18.1 Å². The van der Waals surface area contributed by atoms with Crippen molar-refractivity contribution in [3.63, 3.8) is 0 Å². The SMILES string of the molecule is COc1cc(CNC(=O)COC(=O)CN2CCCCCC2=O)cc(OC)c1OC. The predicted octanol–water partition coefficient (Wildman–Crippen LogP) is 1.27. The first-order valence-corrected chi connectivity index (χ1v) is 9.47. The molecule has 9 nitrogen and oxygen atoms in total. The summed E-state index contributed by atoms with van der Waals surface area (Å²) in [5.41, 5.74) is 0.731. The molecule has 1 aliphatic heterocycles. The molecule has 0 aliphatic carbocycles. The number of hydrogen-bond acceptors (Lipinski definition) is 7. The molecule has 0 spiro atoms. The maximum atomic E-state index is 12.0. The number of methoxy groups -OCH3 is 3. The topological polar surface area (TPSA) is 103 Å². The van der Waals surface area contributed by atoms with Gasteiger partial charge in [-0.15, -0.1) is 0 Å². The summed E-state index contributed by atoms with van der Waals surface area (Å²) in [5.74, 6) is 0.320.